The van der Waals surface area contributed by atoms with E-state index < -0.39 is 0 Å². The molecule has 0 aromatic heterocycles. The van der Waals surface area contributed by atoms with Crippen molar-refractivity contribution in [2.75, 3.05) is 19.0 Å². The summed E-state index contributed by atoms with van der Waals surface area (Å²) in [6.45, 7) is 3.10. The predicted molar refractivity (Wildman–Crippen MR) is 76.4 cm³/mol. The molecule has 1 N–H and O–H groups in total. The number of aryl methyl sites for hydroxylation is 1. The zero-order chi connectivity index (χ0) is 12.8. The van der Waals surface area contributed by atoms with Crippen LogP contribution in [0.2, 0.25) is 0 Å². The van der Waals surface area contributed by atoms with E-state index in [2.05, 4.69) is 36.5 Å². The Labute approximate surface area is 109 Å². The van der Waals surface area contributed by atoms with E-state index in [1.54, 1.807) is 7.11 Å². The van der Waals surface area contributed by atoms with Crippen molar-refractivity contribution in [3.05, 3.63) is 59.7 Å². The Kier molecular flexibility index (Phi) is 4.24. The van der Waals surface area contributed by atoms with Crippen LogP contribution in [0.4, 0.5) is 5.69 Å². The van der Waals surface area contributed by atoms with Crippen LogP contribution in [0.3, 0.4) is 0 Å². The topological polar surface area (TPSA) is 21.3 Å². The number of methoxy groups -OCH3 is 1. The van der Waals surface area contributed by atoms with E-state index in [0.717, 1.165) is 24.4 Å². The van der Waals surface area contributed by atoms with Gasteiger partial charge in [0.15, 0.2) is 0 Å². The summed E-state index contributed by atoms with van der Waals surface area (Å²) in [6.07, 6.45) is 1.04. The van der Waals surface area contributed by atoms with E-state index in [-0.39, 0.29) is 0 Å². The second-order valence-electron chi connectivity index (χ2n) is 4.33. The van der Waals surface area contributed by atoms with Crippen LogP contribution >= 0.6 is 0 Å². The lowest BCUT2D eigenvalue weighted by Gasteiger charge is -2.09. The molecular weight excluding hydrogens is 222 g/mol. The lowest BCUT2D eigenvalue weighted by atomic mass is 10.1. The fraction of sp³-hybridized carbons (Fsp3) is 0.250. The normalized spacial score (nSPS) is 10.1. The molecule has 2 aromatic rings. The van der Waals surface area contributed by atoms with Crippen LogP contribution in [0.25, 0.3) is 0 Å². The van der Waals surface area contributed by atoms with Crippen LogP contribution in [-0.2, 0) is 6.42 Å². The molecule has 0 spiro atoms. The second-order valence-corrected chi connectivity index (χ2v) is 4.33. The number of benzene rings is 2. The Morgan fingerprint density at radius 1 is 1.00 bits per heavy atom. The SMILES string of the molecule is COc1ccc(NCCc2ccccc2C)cc1. The molecule has 2 aromatic carbocycles. The van der Waals surface area contributed by atoms with Crippen LogP contribution in [-0.4, -0.2) is 13.7 Å². The highest BCUT2D eigenvalue weighted by Crippen LogP contribution is 2.15. The molecule has 0 radical (unpaired) electrons. The van der Waals surface area contributed by atoms with Crippen LogP contribution in [0.1, 0.15) is 11.1 Å². The molecule has 2 heteroatoms. The van der Waals surface area contributed by atoms with Gasteiger partial charge in [-0.1, -0.05) is 24.3 Å². The third kappa shape index (κ3) is 3.27. The minimum Gasteiger partial charge on any atom is -0.497 e. The molecule has 0 unspecified atom stereocenters. The highest BCUT2D eigenvalue weighted by molar-refractivity contribution is 5.46. The van der Waals surface area contributed by atoms with Gasteiger partial charge in [0, 0.05) is 12.2 Å². The largest absolute Gasteiger partial charge is 0.497 e. The molecule has 0 fully saturated rings. The number of anilines is 1. The van der Waals surface area contributed by atoms with Gasteiger partial charge in [-0.3, -0.25) is 0 Å². The summed E-state index contributed by atoms with van der Waals surface area (Å²) in [6, 6.07) is 16.5. The van der Waals surface area contributed by atoms with Gasteiger partial charge in [0.1, 0.15) is 5.75 Å². The zero-order valence-corrected chi connectivity index (χ0v) is 10.9. The monoisotopic (exact) mass is 241 g/mol. The molecule has 0 aliphatic heterocycles. The fourth-order valence-corrected chi connectivity index (χ4v) is 1.94. The molecule has 2 nitrogen and oxygen atoms in total. The van der Waals surface area contributed by atoms with Crippen molar-refractivity contribution in [2.24, 2.45) is 0 Å². The van der Waals surface area contributed by atoms with E-state index in [4.69, 9.17) is 4.74 Å². The van der Waals surface area contributed by atoms with Gasteiger partial charge < -0.3 is 10.1 Å². The van der Waals surface area contributed by atoms with Crippen LogP contribution in [0.5, 0.6) is 5.75 Å². The third-order valence-corrected chi connectivity index (χ3v) is 3.07. The summed E-state index contributed by atoms with van der Waals surface area (Å²) >= 11 is 0. The molecule has 2 rings (SSSR count). The summed E-state index contributed by atoms with van der Waals surface area (Å²) in [5.41, 5.74) is 3.89. The van der Waals surface area contributed by atoms with E-state index in [1.807, 2.05) is 24.3 Å². The first-order valence-electron chi connectivity index (χ1n) is 6.22. The number of hydrogen-bond donors (Lipinski definition) is 1. The third-order valence-electron chi connectivity index (χ3n) is 3.07. The Balaban J connectivity index is 1.86. The Hall–Kier alpha value is -1.96. The predicted octanol–water partition coefficient (Wildman–Crippen LogP) is 3.66. The smallest absolute Gasteiger partial charge is 0.119 e. The average Bonchev–Trinajstić information content (AvgIpc) is 2.42. The molecule has 94 valence electrons. The first kappa shape index (κ1) is 12.5. The number of nitrogens with one attached hydrogen (secondary N) is 1. The van der Waals surface area contributed by atoms with Crippen LogP contribution in [0, 0.1) is 6.92 Å². The maximum atomic E-state index is 5.13. The first-order valence-corrected chi connectivity index (χ1v) is 6.22. The average molecular weight is 241 g/mol. The Morgan fingerprint density at radius 3 is 2.39 bits per heavy atom. The Morgan fingerprint density at radius 2 is 1.72 bits per heavy atom. The standard InChI is InChI=1S/C16H19NO/c1-13-5-3-4-6-14(13)11-12-17-15-7-9-16(18-2)10-8-15/h3-10,17H,11-12H2,1-2H3. The van der Waals surface area contributed by atoms with E-state index >= 15 is 0 Å². The lowest BCUT2D eigenvalue weighted by molar-refractivity contribution is 0.415. The Bertz CT molecular complexity index is 491. The van der Waals surface area contributed by atoms with E-state index in [9.17, 15) is 0 Å². The molecular formula is C16H19NO. The summed E-state index contributed by atoms with van der Waals surface area (Å²) in [4.78, 5) is 0. The molecule has 18 heavy (non-hydrogen) atoms. The highest BCUT2D eigenvalue weighted by atomic mass is 16.5. The van der Waals surface area contributed by atoms with Gasteiger partial charge in [0.05, 0.1) is 7.11 Å². The molecule has 0 aliphatic rings. The summed E-state index contributed by atoms with van der Waals surface area (Å²) in [5.74, 6) is 0.888. The van der Waals surface area contributed by atoms with Gasteiger partial charge in [-0.25, -0.2) is 0 Å². The number of hydrogen-bond acceptors (Lipinski definition) is 2. The van der Waals surface area contributed by atoms with Crippen molar-refractivity contribution in [3.8, 4) is 5.75 Å². The lowest BCUT2D eigenvalue weighted by Crippen LogP contribution is -2.05. The van der Waals surface area contributed by atoms with Crippen LogP contribution < -0.4 is 10.1 Å². The number of ether oxygens (including phenoxy) is 1. The summed E-state index contributed by atoms with van der Waals surface area (Å²) < 4.78 is 5.13. The van der Waals surface area contributed by atoms with Crippen LogP contribution in [0.15, 0.2) is 48.5 Å². The first-order chi connectivity index (χ1) is 8.79. The molecule has 0 aliphatic carbocycles. The molecule has 0 atom stereocenters. The quantitative estimate of drug-likeness (QED) is 0.862. The summed E-state index contributed by atoms with van der Waals surface area (Å²) in [5, 5.41) is 3.42. The van der Waals surface area contributed by atoms with E-state index in [1.165, 1.54) is 11.1 Å². The molecule has 0 saturated carbocycles. The minimum absolute atomic E-state index is 0.888. The van der Waals surface area contributed by atoms with Gasteiger partial charge in [-0.05, 0) is 48.7 Å². The van der Waals surface area contributed by atoms with Gasteiger partial charge in [-0.15, -0.1) is 0 Å². The molecule has 0 saturated heterocycles. The van der Waals surface area contributed by atoms with Gasteiger partial charge in [0.2, 0.25) is 0 Å². The minimum atomic E-state index is 0.888. The van der Waals surface area contributed by atoms with Crippen molar-refractivity contribution in [1.82, 2.24) is 0 Å². The summed E-state index contributed by atoms with van der Waals surface area (Å²) in [7, 11) is 1.68. The van der Waals surface area contributed by atoms with Gasteiger partial charge >= 0.3 is 0 Å². The van der Waals surface area contributed by atoms with Crippen molar-refractivity contribution in [1.29, 1.82) is 0 Å². The molecule has 0 heterocycles. The van der Waals surface area contributed by atoms with Gasteiger partial charge in [-0.2, -0.15) is 0 Å². The fourth-order valence-electron chi connectivity index (χ4n) is 1.94. The molecule has 0 amide bonds. The van der Waals surface area contributed by atoms with Crippen molar-refractivity contribution in [2.45, 2.75) is 13.3 Å². The highest BCUT2D eigenvalue weighted by Gasteiger charge is 1.97. The maximum absolute atomic E-state index is 5.13. The van der Waals surface area contributed by atoms with Gasteiger partial charge in [0.25, 0.3) is 0 Å². The van der Waals surface area contributed by atoms with Crippen molar-refractivity contribution in [3.63, 3.8) is 0 Å². The second kappa shape index (κ2) is 6.10. The zero-order valence-electron chi connectivity index (χ0n) is 10.9. The number of rotatable bonds is 5. The molecule has 0 bridgehead atoms. The van der Waals surface area contributed by atoms with E-state index in [0.29, 0.717) is 0 Å². The maximum Gasteiger partial charge on any atom is 0.119 e. The van der Waals surface area contributed by atoms with Crippen molar-refractivity contribution >= 4 is 5.69 Å². The van der Waals surface area contributed by atoms with Crippen molar-refractivity contribution < 1.29 is 4.74 Å².